The molecule has 0 saturated heterocycles. The molecular formula is C30H35Cl2N3O6S. The van der Waals surface area contributed by atoms with Gasteiger partial charge >= 0.3 is 0 Å². The van der Waals surface area contributed by atoms with Gasteiger partial charge in [-0.3, -0.25) is 13.9 Å². The minimum absolute atomic E-state index is 0.0265. The molecule has 0 aliphatic carbocycles. The van der Waals surface area contributed by atoms with Crippen molar-refractivity contribution in [3.63, 3.8) is 0 Å². The van der Waals surface area contributed by atoms with Crippen LogP contribution in [0.3, 0.4) is 0 Å². The van der Waals surface area contributed by atoms with E-state index in [0.29, 0.717) is 22.9 Å². The maximum atomic E-state index is 14.1. The van der Waals surface area contributed by atoms with E-state index < -0.39 is 28.5 Å². The minimum Gasteiger partial charge on any atom is -0.497 e. The number of amides is 2. The SMILES string of the molecule is COc1ccc(OC)c(N(CC(=O)N(Cc2ccc(Cl)c(Cl)c2)C(C)C(=O)NCC(C)C)S(=O)(=O)c2ccccc2)c1. The number of sulfonamides is 1. The van der Waals surface area contributed by atoms with Crippen LogP contribution in [-0.4, -0.2) is 58.5 Å². The lowest BCUT2D eigenvalue weighted by Gasteiger charge is -2.32. The van der Waals surface area contributed by atoms with Crippen LogP contribution in [0, 0.1) is 5.92 Å². The van der Waals surface area contributed by atoms with Crippen LogP contribution in [0.15, 0.2) is 71.6 Å². The first kappa shape index (κ1) is 33.0. The number of ether oxygens (including phenoxy) is 2. The summed E-state index contributed by atoms with van der Waals surface area (Å²) in [6.07, 6.45) is 0. The van der Waals surface area contributed by atoms with Gasteiger partial charge in [-0.15, -0.1) is 0 Å². The Kier molecular flexibility index (Phi) is 11.5. The van der Waals surface area contributed by atoms with E-state index in [0.717, 1.165) is 4.31 Å². The van der Waals surface area contributed by atoms with E-state index in [1.165, 1.54) is 37.3 Å². The number of halogens is 2. The van der Waals surface area contributed by atoms with Crippen molar-refractivity contribution < 1.29 is 27.5 Å². The summed E-state index contributed by atoms with van der Waals surface area (Å²) in [7, 11) is -1.43. The number of methoxy groups -OCH3 is 2. The van der Waals surface area contributed by atoms with Gasteiger partial charge < -0.3 is 19.7 Å². The van der Waals surface area contributed by atoms with E-state index in [1.807, 2.05) is 13.8 Å². The molecule has 0 heterocycles. The van der Waals surface area contributed by atoms with Crippen molar-refractivity contribution in [2.75, 3.05) is 31.6 Å². The first-order valence-electron chi connectivity index (χ1n) is 13.2. The highest BCUT2D eigenvalue weighted by Crippen LogP contribution is 2.36. The summed E-state index contributed by atoms with van der Waals surface area (Å²) in [5, 5.41) is 3.47. The molecule has 0 aromatic heterocycles. The highest BCUT2D eigenvalue weighted by atomic mass is 35.5. The minimum atomic E-state index is -4.28. The Morgan fingerprint density at radius 1 is 0.905 bits per heavy atom. The number of hydrogen-bond acceptors (Lipinski definition) is 6. The van der Waals surface area contributed by atoms with Crippen molar-refractivity contribution in [1.82, 2.24) is 10.2 Å². The first-order chi connectivity index (χ1) is 19.9. The molecule has 3 rings (SSSR count). The molecule has 3 aromatic carbocycles. The van der Waals surface area contributed by atoms with Crippen LogP contribution in [0.5, 0.6) is 11.5 Å². The molecule has 0 aliphatic heterocycles. The molecule has 0 spiro atoms. The lowest BCUT2D eigenvalue weighted by Crippen LogP contribution is -2.51. The Morgan fingerprint density at radius 3 is 2.19 bits per heavy atom. The molecule has 0 radical (unpaired) electrons. The van der Waals surface area contributed by atoms with Gasteiger partial charge in [-0.25, -0.2) is 8.42 Å². The molecular weight excluding hydrogens is 601 g/mol. The van der Waals surface area contributed by atoms with Gasteiger partial charge in [0.25, 0.3) is 10.0 Å². The topological polar surface area (TPSA) is 105 Å². The van der Waals surface area contributed by atoms with Crippen LogP contribution in [0.1, 0.15) is 26.3 Å². The number of nitrogens with one attached hydrogen (secondary N) is 1. The second kappa shape index (κ2) is 14.6. The van der Waals surface area contributed by atoms with Gasteiger partial charge in [0.15, 0.2) is 0 Å². The standard InChI is InChI=1S/C30H35Cl2N3O6S/c1-20(2)17-33-30(37)21(3)34(18-22-11-13-25(31)26(32)15-22)29(36)19-35(42(38,39)24-9-7-6-8-10-24)27-16-23(40-4)12-14-28(27)41-5/h6-16,20-21H,17-19H2,1-5H3,(H,33,37). The van der Waals surface area contributed by atoms with Gasteiger partial charge in [0.1, 0.15) is 24.1 Å². The van der Waals surface area contributed by atoms with Gasteiger partial charge in [0, 0.05) is 19.2 Å². The molecule has 1 unspecified atom stereocenters. The zero-order valence-corrected chi connectivity index (χ0v) is 26.5. The van der Waals surface area contributed by atoms with E-state index in [4.69, 9.17) is 32.7 Å². The van der Waals surface area contributed by atoms with Gasteiger partial charge in [-0.05, 0) is 54.8 Å². The Labute approximate surface area is 257 Å². The van der Waals surface area contributed by atoms with Gasteiger partial charge in [0.2, 0.25) is 11.8 Å². The monoisotopic (exact) mass is 635 g/mol. The van der Waals surface area contributed by atoms with Crippen molar-refractivity contribution in [2.24, 2.45) is 5.92 Å². The zero-order chi connectivity index (χ0) is 31.0. The fourth-order valence-electron chi connectivity index (χ4n) is 4.09. The molecule has 1 N–H and O–H groups in total. The van der Waals surface area contributed by atoms with Crippen molar-refractivity contribution in [1.29, 1.82) is 0 Å². The van der Waals surface area contributed by atoms with Gasteiger partial charge in [-0.1, -0.05) is 61.3 Å². The van der Waals surface area contributed by atoms with Crippen molar-refractivity contribution in [2.45, 2.75) is 38.3 Å². The molecule has 12 heteroatoms. The number of carbonyl (C=O) groups is 2. The Balaban J connectivity index is 2.10. The third kappa shape index (κ3) is 8.08. The maximum absolute atomic E-state index is 14.1. The fourth-order valence-corrected chi connectivity index (χ4v) is 5.85. The van der Waals surface area contributed by atoms with Crippen LogP contribution in [0.25, 0.3) is 0 Å². The van der Waals surface area contributed by atoms with Gasteiger partial charge in [0.05, 0.1) is 34.8 Å². The number of benzene rings is 3. The first-order valence-corrected chi connectivity index (χ1v) is 15.4. The number of carbonyl (C=O) groups excluding carboxylic acids is 2. The van der Waals surface area contributed by atoms with E-state index >= 15 is 0 Å². The summed E-state index contributed by atoms with van der Waals surface area (Å²) in [6.45, 7) is 5.25. The van der Waals surface area contributed by atoms with Crippen LogP contribution in [-0.2, 0) is 26.2 Å². The number of anilines is 1. The Bertz CT molecular complexity index is 1500. The van der Waals surface area contributed by atoms with E-state index in [1.54, 1.807) is 55.5 Å². The van der Waals surface area contributed by atoms with E-state index in [9.17, 15) is 18.0 Å². The smallest absolute Gasteiger partial charge is 0.264 e. The normalized spacial score (nSPS) is 12.0. The molecule has 42 heavy (non-hydrogen) atoms. The van der Waals surface area contributed by atoms with Crippen LogP contribution < -0.4 is 19.1 Å². The average Bonchev–Trinajstić information content (AvgIpc) is 2.98. The highest BCUT2D eigenvalue weighted by molar-refractivity contribution is 7.92. The molecule has 0 fully saturated rings. The molecule has 2 amide bonds. The predicted molar refractivity (Wildman–Crippen MR) is 165 cm³/mol. The van der Waals surface area contributed by atoms with Crippen molar-refractivity contribution in [3.05, 3.63) is 82.3 Å². The van der Waals surface area contributed by atoms with Crippen molar-refractivity contribution >= 4 is 50.7 Å². The lowest BCUT2D eigenvalue weighted by atomic mass is 10.1. The summed E-state index contributed by atoms with van der Waals surface area (Å²) in [4.78, 5) is 28.5. The summed E-state index contributed by atoms with van der Waals surface area (Å²) in [5.41, 5.74) is 0.707. The van der Waals surface area contributed by atoms with Gasteiger partial charge in [-0.2, -0.15) is 0 Å². The van der Waals surface area contributed by atoms with Crippen molar-refractivity contribution in [3.8, 4) is 11.5 Å². The molecule has 9 nitrogen and oxygen atoms in total. The molecule has 0 bridgehead atoms. The Morgan fingerprint density at radius 2 is 1.60 bits per heavy atom. The largest absolute Gasteiger partial charge is 0.497 e. The second-order valence-electron chi connectivity index (χ2n) is 9.95. The number of hydrogen-bond donors (Lipinski definition) is 1. The summed E-state index contributed by atoms with van der Waals surface area (Å²) < 4.78 is 39.8. The average molecular weight is 637 g/mol. The molecule has 226 valence electrons. The summed E-state index contributed by atoms with van der Waals surface area (Å²) >= 11 is 12.3. The molecule has 3 aromatic rings. The maximum Gasteiger partial charge on any atom is 0.264 e. The lowest BCUT2D eigenvalue weighted by molar-refractivity contribution is -0.139. The summed E-state index contributed by atoms with van der Waals surface area (Å²) in [6, 6.07) is 16.4. The Hall–Kier alpha value is -3.47. The van der Waals surface area contributed by atoms with Crippen LogP contribution in [0.2, 0.25) is 10.0 Å². The number of rotatable bonds is 13. The van der Waals surface area contributed by atoms with Crippen LogP contribution >= 0.6 is 23.2 Å². The van der Waals surface area contributed by atoms with E-state index in [2.05, 4.69) is 5.32 Å². The molecule has 0 saturated carbocycles. The third-order valence-electron chi connectivity index (χ3n) is 6.45. The zero-order valence-electron chi connectivity index (χ0n) is 24.1. The van der Waals surface area contributed by atoms with E-state index in [-0.39, 0.29) is 39.7 Å². The quantitative estimate of drug-likeness (QED) is 0.270. The fraction of sp³-hybridized carbons (Fsp3) is 0.333. The summed E-state index contributed by atoms with van der Waals surface area (Å²) in [5.74, 6) is -0.249. The number of nitrogens with zero attached hydrogens (tertiary/aromatic N) is 2. The highest BCUT2D eigenvalue weighted by Gasteiger charge is 2.34. The van der Waals surface area contributed by atoms with Crippen LogP contribution in [0.4, 0.5) is 5.69 Å². The third-order valence-corrected chi connectivity index (χ3v) is 8.97. The second-order valence-corrected chi connectivity index (χ2v) is 12.6. The molecule has 1 atom stereocenters. The molecule has 0 aliphatic rings. The predicted octanol–water partition coefficient (Wildman–Crippen LogP) is 5.40.